The standard InChI is InChI=1S/C14H24N4O2/c1-11-4-8-18(9-5-11)7-3-6-15-14(19)16-13-10-12(2)20-17-13/h10-11H,3-9H2,1-2H3,(H2,15,16,17,19). The monoisotopic (exact) mass is 280 g/mol. The van der Waals surface area contributed by atoms with Crippen LogP contribution in [0.4, 0.5) is 10.6 Å². The molecule has 0 aromatic carbocycles. The number of anilines is 1. The van der Waals surface area contributed by atoms with Crippen LogP contribution < -0.4 is 10.6 Å². The van der Waals surface area contributed by atoms with Crippen LogP contribution in [-0.4, -0.2) is 42.3 Å². The summed E-state index contributed by atoms with van der Waals surface area (Å²) >= 11 is 0. The zero-order chi connectivity index (χ0) is 14.4. The molecule has 1 saturated heterocycles. The molecule has 0 bridgehead atoms. The van der Waals surface area contributed by atoms with Crippen molar-refractivity contribution in [3.8, 4) is 0 Å². The Morgan fingerprint density at radius 1 is 1.50 bits per heavy atom. The summed E-state index contributed by atoms with van der Waals surface area (Å²) in [4.78, 5) is 14.1. The molecule has 1 aromatic rings. The Bertz CT molecular complexity index is 425. The summed E-state index contributed by atoms with van der Waals surface area (Å²) in [5.74, 6) is 1.99. The maximum Gasteiger partial charge on any atom is 0.320 e. The average Bonchev–Trinajstić information content (AvgIpc) is 2.82. The number of hydrogen-bond acceptors (Lipinski definition) is 4. The van der Waals surface area contributed by atoms with E-state index in [0.29, 0.717) is 18.1 Å². The Balaban J connectivity index is 1.55. The SMILES string of the molecule is Cc1cc(NC(=O)NCCCN2CCC(C)CC2)no1. The molecule has 1 aliphatic rings. The lowest BCUT2D eigenvalue weighted by Crippen LogP contribution is -2.36. The molecule has 0 spiro atoms. The van der Waals surface area contributed by atoms with Gasteiger partial charge in [-0.25, -0.2) is 4.79 Å². The molecule has 0 atom stereocenters. The van der Waals surface area contributed by atoms with Crippen molar-refractivity contribution in [3.63, 3.8) is 0 Å². The Hall–Kier alpha value is -1.56. The summed E-state index contributed by atoms with van der Waals surface area (Å²) < 4.78 is 4.88. The predicted molar refractivity (Wildman–Crippen MR) is 77.7 cm³/mol. The van der Waals surface area contributed by atoms with Gasteiger partial charge in [0, 0.05) is 12.6 Å². The van der Waals surface area contributed by atoms with E-state index in [4.69, 9.17) is 4.52 Å². The van der Waals surface area contributed by atoms with E-state index in [2.05, 4.69) is 27.6 Å². The first-order chi connectivity index (χ1) is 9.63. The van der Waals surface area contributed by atoms with Gasteiger partial charge in [-0.2, -0.15) is 0 Å². The zero-order valence-corrected chi connectivity index (χ0v) is 12.3. The van der Waals surface area contributed by atoms with Crippen molar-refractivity contribution >= 4 is 11.8 Å². The molecule has 2 rings (SSSR count). The van der Waals surface area contributed by atoms with Crippen LogP contribution in [0.5, 0.6) is 0 Å². The number of aromatic nitrogens is 1. The van der Waals surface area contributed by atoms with Crippen molar-refractivity contribution in [1.82, 2.24) is 15.4 Å². The largest absolute Gasteiger partial charge is 0.360 e. The van der Waals surface area contributed by atoms with Gasteiger partial charge in [-0.1, -0.05) is 12.1 Å². The molecule has 2 amide bonds. The molecule has 0 radical (unpaired) electrons. The number of likely N-dealkylation sites (tertiary alicyclic amines) is 1. The van der Waals surface area contributed by atoms with Gasteiger partial charge in [0.2, 0.25) is 0 Å². The maximum atomic E-state index is 11.6. The van der Waals surface area contributed by atoms with Crippen molar-refractivity contribution in [2.45, 2.75) is 33.1 Å². The molecule has 1 aromatic heterocycles. The predicted octanol–water partition coefficient (Wildman–Crippen LogP) is 2.23. The smallest absolute Gasteiger partial charge is 0.320 e. The molecule has 6 heteroatoms. The summed E-state index contributed by atoms with van der Waals surface area (Å²) in [7, 11) is 0. The van der Waals surface area contributed by atoms with Gasteiger partial charge >= 0.3 is 6.03 Å². The van der Waals surface area contributed by atoms with Crippen LogP contribution in [0.25, 0.3) is 0 Å². The van der Waals surface area contributed by atoms with Gasteiger partial charge in [-0.05, 0) is 51.7 Å². The average molecular weight is 280 g/mol. The third-order valence-electron chi connectivity index (χ3n) is 3.68. The third-order valence-corrected chi connectivity index (χ3v) is 3.68. The Kier molecular flexibility index (Phi) is 5.40. The molecule has 0 saturated carbocycles. The first-order valence-corrected chi connectivity index (χ1v) is 7.34. The van der Waals surface area contributed by atoms with E-state index in [1.807, 2.05) is 0 Å². The van der Waals surface area contributed by atoms with Crippen molar-refractivity contribution in [2.75, 3.05) is 31.5 Å². The fraction of sp³-hybridized carbons (Fsp3) is 0.714. The number of rotatable bonds is 5. The summed E-state index contributed by atoms with van der Waals surface area (Å²) in [5.41, 5.74) is 0. The number of amides is 2. The number of aryl methyl sites for hydroxylation is 1. The van der Waals surface area contributed by atoms with Crippen LogP contribution in [0.15, 0.2) is 10.6 Å². The number of nitrogens with zero attached hydrogens (tertiary/aromatic N) is 2. The topological polar surface area (TPSA) is 70.4 Å². The molecule has 112 valence electrons. The summed E-state index contributed by atoms with van der Waals surface area (Å²) in [6, 6.07) is 1.46. The van der Waals surface area contributed by atoms with E-state index in [1.54, 1.807) is 13.0 Å². The van der Waals surface area contributed by atoms with Crippen LogP contribution >= 0.6 is 0 Å². The maximum absolute atomic E-state index is 11.6. The third kappa shape index (κ3) is 4.85. The Morgan fingerprint density at radius 2 is 2.25 bits per heavy atom. The minimum atomic E-state index is -0.231. The highest BCUT2D eigenvalue weighted by atomic mass is 16.5. The van der Waals surface area contributed by atoms with Crippen molar-refractivity contribution in [2.24, 2.45) is 5.92 Å². The second-order valence-corrected chi connectivity index (χ2v) is 5.58. The second kappa shape index (κ2) is 7.28. The van der Waals surface area contributed by atoms with E-state index >= 15 is 0 Å². The lowest BCUT2D eigenvalue weighted by Gasteiger charge is -2.30. The number of carbonyl (C=O) groups is 1. The minimum Gasteiger partial charge on any atom is -0.360 e. The van der Waals surface area contributed by atoms with E-state index in [9.17, 15) is 4.79 Å². The lowest BCUT2D eigenvalue weighted by atomic mass is 9.99. The van der Waals surface area contributed by atoms with Gasteiger partial charge in [0.25, 0.3) is 0 Å². The van der Waals surface area contributed by atoms with Gasteiger partial charge in [0.1, 0.15) is 5.76 Å². The van der Waals surface area contributed by atoms with Crippen LogP contribution in [0, 0.1) is 12.8 Å². The Labute approximate surface area is 119 Å². The van der Waals surface area contributed by atoms with Crippen molar-refractivity contribution in [3.05, 3.63) is 11.8 Å². The number of urea groups is 1. The molecule has 20 heavy (non-hydrogen) atoms. The van der Waals surface area contributed by atoms with Crippen LogP contribution in [0.1, 0.15) is 31.9 Å². The molecule has 0 unspecified atom stereocenters. The quantitative estimate of drug-likeness (QED) is 0.811. The van der Waals surface area contributed by atoms with Crippen LogP contribution in [0.3, 0.4) is 0 Å². The highest BCUT2D eigenvalue weighted by Crippen LogP contribution is 2.15. The van der Waals surface area contributed by atoms with Gasteiger partial charge in [-0.3, -0.25) is 5.32 Å². The summed E-state index contributed by atoms with van der Waals surface area (Å²) in [6.45, 7) is 8.20. The first kappa shape index (κ1) is 14.8. The van der Waals surface area contributed by atoms with Gasteiger partial charge in [0.15, 0.2) is 5.82 Å². The fourth-order valence-corrected chi connectivity index (χ4v) is 2.38. The van der Waals surface area contributed by atoms with Gasteiger partial charge < -0.3 is 14.7 Å². The highest BCUT2D eigenvalue weighted by Gasteiger charge is 2.14. The number of carbonyl (C=O) groups excluding carboxylic acids is 1. The molecule has 1 fully saturated rings. The molecule has 6 nitrogen and oxygen atoms in total. The molecular weight excluding hydrogens is 256 g/mol. The summed E-state index contributed by atoms with van der Waals surface area (Å²) in [6.07, 6.45) is 3.55. The van der Waals surface area contributed by atoms with E-state index in [-0.39, 0.29) is 6.03 Å². The molecule has 2 heterocycles. The molecule has 0 aliphatic carbocycles. The molecule has 1 aliphatic heterocycles. The Morgan fingerprint density at radius 3 is 2.90 bits per heavy atom. The van der Waals surface area contributed by atoms with Crippen molar-refractivity contribution < 1.29 is 9.32 Å². The first-order valence-electron chi connectivity index (χ1n) is 7.34. The van der Waals surface area contributed by atoms with Crippen LogP contribution in [0.2, 0.25) is 0 Å². The number of nitrogens with one attached hydrogen (secondary N) is 2. The van der Waals surface area contributed by atoms with E-state index in [1.165, 1.54) is 25.9 Å². The van der Waals surface area contributed by atoms with E-state index in [0.717, 1.165) is 18.9 Å². The minimum absolute atomic E-state index is 0.231. The van der Waals surface area contributed by atoms with E-state index < -0.39 is 0 Å². The van der Waals surface area contributed by atoms with Gasteiger partial charge in [0.05, 0.1) is 0 Å². The van der Waals surface area contributed by atoms with Crippen molar-refractivity contribution in [1.29, 1.82) is 0 Å². The number of piperidine rings is 1. The summed E-state index contributed by atoms with van der Waals surface area (Å²) in [5, 5.41) is 9.18. The molecular formula is C14H24N4O2. The highest BCUT2D eigenvalue weighted by molar-refractivity contribution is 5.88. The second-order valence-electron chi connectivity index (χ2n) is 5.58. The lowest BCUT2D eigenvalue weighted by molar-refractivity contribution is 0.190. The zero-order valence-electron chi connectivity index (χ0n) is 12.3. The normalized spacial score (nSPS) is 17.1. The fourth-order valence-electron chi connectivity index (χ4n) is 2.38. The van der Waals surface area contributed by atoms with Crippen LogP contribution in [-0.2, 0) is 0 Å². The molecule has 2 N–H and O–H groups in total. The number of hydrogen-bond donors (Lipinski definition) is 2. The van der Waals surface area contributed by atoms with Gasteiger partial charge in [-0.15, -0.1) is 0 Å².